The van der Waals surface area contributed by atoms with Crippen molar-refractivity contribution >= 4 is 0 Å². The fourth-order valence-corrected chi connectivity index (χ4v) is 2.36. The zero-order valence-electron chi connectivity index (χ0n) is 12.5. The Morgan fingerprint density at radius 2 is 1.32 bits per heavy atom. The average Bonchev–Trinajstić information content (AvgIpc) is 2.45. The molecule has 0 aliphatic rings. The van der Waals surface area contributed by atoms with Gasteiger partial charge in [0.05, 0.1) is 0 Å². The largest absolute Gasteiger partial charge is 0.120 e. The van der Waals surface area contributed by atoms with Gasteiger partial charge in [-0.25, -0.2) is 0 Å². The Hall–Kier alpha value is -1.22. The molecule has 0 fully saturated rings. The number of terminal acetylenes is 1. The van der Waals surface area contributed by atoms with E-state index in [1.54, 1.807) is 0 Å². The lowest BCUT2D eigenvalue weighted by atomic mass is 10.0. The van der Waals surface area contributed by atoms with Gasteiger partial charge in [0.2, 0.25) is 0 Å². The molecule has 0 saturated heterocycles. The van der Waals surface area contributed by atoms with E-state index in [0.29, 0.717) is 0 Å². The van der Waals surface area contributed by atoms with Crippen LogP contribution in [0.25, 0.3) is 0 Å². The third-order valence-corrected chi connectivity index (χ3v) is 3.63. The summed E-state index contributed by atoms with van der Waals surface area (Å²) in [6.45, 7) is 2.26. The van der Waals surface area contributed by atoms with E-state index in [1.807, 2.05) is 0 Å². The minimum atomic E-state index is 0.927. The van der Waals surface area contributed by atoms with Crippen LogP contribution in [0.15, 0.2) is 24.3 Å². The van der Waals surface area contributed by atoms with Gasteiger partial charge in [-0.1, -0.05) is 56.9 Å². The third kappa shape index (κ3) is 7.73. The summed E-state index contributed by atoms with van der Waals surface area (Å²) >= 11 is 0. The molecule has 0 amide bonds. The highest BCUT2D eigenvalue weighted by molar-refractivity contribution is 5.22. The molecule has 0 radical (unpaired) electrons. The number of aryl methyl sites for hydroxylation is 2. The first-order chi connectivity index (χ1) is 9.36. The molecule has 0 atom stereocenters. The Bertz CT molecular complexity index is 353. The van der Waals surface area contributed by atoms with E-state index in [4.69, 9.17) is 6.42 Å². The van der Waals surface area contributed by atoms with Gasteiger partial charge in [0, 0.05) is 6.42 Å². The van der Waals surface area contributed by atoms with Crippen LogP contribution in [0.4, 0.5) is 0 Å². The van der Waals surface area contributed by atoms with Crippen molar-refractivity contribution in [3.63, 3.8) is 0 Å². The fraction of sp³-hybridized carbons (Fsp3) is 0.579. The minimum Gasteiger partial charge on any atom is -0.120 e. The summed E-state index contributed by atoms with van der Waals surface area (Å²) in [5, 5.41) is 0. The van der Waals surface area contributed by atoms with Crippen LogP contribution in [0.1, 0.15) is 69.4 Å². The van der Waals surface area contributed by atoms with Gasteiger partial charge >= 0.3 is 0 Å². The van der Waals surface area contributed by atoms with Crippen LogP contribution < -0.4 is 0 Å². The van der Waals surface area contributed by atoms with Crippen LogP contribution in [-0.2, 0) is 12.8 Å². The Morgan fingerprint density at radius 3 is 1.79 bits per heavy atom. The second kappa shape index (κ2) is 10.7. The van der Waals surface area contributed by atoms with Gasteiger partial charge in [-0.05, 0) is 43.2 Å². The molecule has 0 unspecified atom stereocenters. The van der Waals surface area contributed by atoms with E-state index in [-0.39, 0.29) is 0 Å². The fourth-order valence-electron chi connectivity index (χ4n) is 2.36. The van der Waals surface area contributed by atoms with Crippen molar-refractivity contribution in [2.45, 2.75) is 71.1 Å². The van der Waals surface area contributed by atoms with Crippen molar-refractivity contribution in [1.82, 2.24) is 0 Å². The smallest absolute Gasteiger partial charge is 0.00860 e. The molecule has 0 nitrogen and oxygen atoms in total. The van der Waals surface area contributed by atoms with Crippen molar-refractivity contribution in [3.8, 4) is 12.3 Å². The van der Waals surface area contributed by atoms with Crippen molar-refractivity contribution in [1.29, 1.82) is 0 Å². The van der Waals surface area contributed by atoms with Gasteiger partial charge < -0.3 is 0 Å². The number of rotatable bonds is 10. The third-order valence-electron chi connectivity index (χ3n) is 3.63. The summed E-state index contributed by atoms with van der Waals surface area (Å²) in [6, 6.07) is 9.22. The Labute approximate surface area is 119 Å². The minimum absolute atomic E-state index is 0.927. The van der Waals surface area contributed by atoms with Crippen LogP contribution in [0.2, 0.25) is 0 Å². The van der Waals surface area contributed by atoms with Gasteiger partial charge in [0.15, 0.2) is 0 Å². The Kier molecular flexibility index (Phi) is 8.90. The van der Waals surface area contributed by atoms with Gasteiger partial charge in [-0.2, -0.15) is 0 Å². The lowest BCUT2D eigenvalue weighted by Crippen LogP contribution is -1.89. The molecule has 0 aliphatic heterocycles. The van der Waals surface area contributed by atoms with E-state index in [0.717, 1.165) is 6.42 Å². The van der Waals surface area contributed by atoms with E-state index >= 15 is 0 Å². The summed E-state index contributed by atoms with van der Waals surface area (Å²) in [5.74, 6) is 2.70. The molecule has 0 aliphatic carbocycles. The zero-order chi connectivity index (χ0) is 13.8. The molecule has 0 saturated carbocycles. The van der Waals surface area contributed by atoms with Crippen LogP contribution >= 0.6 is 0 Å². The van der Waals surface area contributed by atoms with Crippen molar-refractivity contribution in [3.05, 3.63) is 35.4 Å². The summed E-state index contributed by atoms with van der Waals surface area (Å²) in [6.07, 6.45) is 17.7. The summed E-state index contributed by atoms with van der Waals surface area (Å²) < 4.78 is 0. The molecular formula is C19H28. The highest BCUT2D eigenvalue weighted by Gasteiger charge is 1.96. The van der Waals surface area contributed by atoms with Gasteiger partial charge in [0.1, 0.15) is 0 Å². The molecule has 0 heterocycles. The first-order valence-corrected chi connectivity index (χ1v) is 7.88. The Balaban J connectivity index is 2.18. The second-order valence-corrected chi connectivity index (χ2v) is 5.39. The van der Waals surface area contributed by atoms with E-state index in [2.05, 4.69) is 37.1 Å². The molecule has 0 heteroatoms. The van der Waals surface area contributed by atoms with E-state index in [9.17, 15) is 0 Å². The number of hydrogen-bond acceptors (Lipinski definition) is 0. The molecule has 1 rings (SSSR count). The normalized spacial score (nSPS) is 10.3. The zero-order valence-corrected chi connectivity index (χ0v) is 12.5. The maximum Gasteiger partial charge on any atom is 0.00860 e. The number of hydrogen-bond donors (Lipinski definition) is 0. The topological polar surface area (TPSA) is 0 Å². The molecular weight excluding hydrogens is 228 g/mol. The van der Waals surface area contributed by atoms with Crippen molar-refractivity contribution < 1.29 is 0 Å². The van der Waals surface area contributed by atoms with Crippen LogP contribution in [0.5, 0.6) is 0 Å². The molecule has 0 N–H and O–H groups in total. The van der Waals surface area contributed by atoms with E-state index < -0.39 is 0 Å². The summed E-state index contributed by atoms with van der Waals surface area (Å²) in [4.78, 5) is 0. The first-order valence-electron chi connectivity index (χ1n) is 7.88. The standard InChI is InChI=1S/C19H28/c1-3-5-7-9-11-13-19-16-14-18(15-17-19)12-10-8-6-4-2/h1,14-17H,4-13H2,2H3. The lowest BCUT2D eigenvalue weighted by molar-refractivity contribution is 0.666. The van der Waals surface area contributed by atoms with Gasteiger partial charge in [-0.15, -0.1) is 12.3 Å². The maximum absolute atomic E-state index is 5.25. The SMILES string of the molecule is C#CCCCCCc1ccc(CCCCCC)cc1. The molecule has 1 aromatic rings. The Morgan fingerprint density at radius 1 is 0.789 bits per heavy atom. The highest BCUT2D eigenvalue weighted by atomic mass is 14.0. The summed E-state index contributed by atoms with van der Waals surface area (Å²) in [5.41, 5.74) is 2.96. The molecule has 104 valence electrons. The molecule has 19 heavy (non-hydrogen) atoms. The monoisotopic (exact) mass is 256 g/mol. The van der Waals surface area contributed by atoms with Crippen molar-refractivity contribution in [2.75, 3.05) is 0 Å². The molecule has 0 aromatic heterocycles. The highest BCUT2D eigenvalue weighted by Crippen LogP contribution is 2.12. The number of unbranched alkanes of at least 4 members (excludes halogenated alkanes) is 6. The molecule has 0 spiro atoms. The van der Waals surface area contributed by atoms with Crippen LogP contribution in [0.3, 0.4) is 0 Å². The predicted octanol–water partition coefficient (Wildman–Crippen LogP) is 5.55. The maximum atomic E-state index is 5.25. The van der Waals surface area contributed by atoms with Crippen LogP contribution in [0, 0.1) is 12.3 Å². The first kappa shape index (κ1) is 15.8. The predicted molar refractivity (Wildman–Crippen MR) is 85.3 cm³/mol. The van der Waals surface area contributed by atoms with Crippen molar-refractivity contribution in [2.24, 2.45) is 0 Å². The van der Waals surface area contributed by atoms with Gasteiger partial charge in [-0.3, -0.25) is 0 Å². The molecule has 1 aromatic carbocycles. The summed E-state index contributed by atoms with van der Waals surface area (Å²) in [7, 11) is 0. The quantitative estimate of drug-likeness (QED) is 0.380. The van der Waals surface area contributed by atoms with E-state index in [1.165, 1.54) is 68.9 Å². The van der Waals surface area contributed by atoms with Gasteiger partial charge in [0.25, 0.3) is 0 Å². The van der Waals surface area contributed by atoms with Crippen LogP contribution in [-0.4, -0.2) is 0 Å². The average molecular weight is 256 g/mol. The second-order valence-electron chi connectivity index (χ2n) is 5.39. The molecule has 0 bridgehead atoms. The number of benzene rings is 1. The lowest BCUT2D eigenvalue weighted by Gasteiger charge is -2.04.